The molecule has 3 aromatic rings. The zero-order valence-corrected chi connectivity index (χ0v) is 16.1. The molecule has 0 saturated carbocycles. The van der Waals surface area contributed by atoms with E-state index in [0.29, 0.717) is 22.9 Å². The van der Waals surface area contributed by atoms with Crippen molar-refractivity contribution < 1.29 is 14.0 Å². The van der Waals surface area contributed by atoms with Gasteiger partial charge in [0.15, 0.2) is 5.69 Å². The van der Waals surface area contributed by atoms with E-state index in [2.05, 4.69) is 16.0 Å². The van der Waals surface area contributed by atoms with E-state index in [1.165, 1.54) is 28.9 Å². The lowest BCUT2D eigenvalue weighted by Gasteiger charge is -2.13. The zero-order chi connectivity index (χ0) is 21.0. The minimum atomic E-state index is -0.633. The van der Waals surface area contributed by atoms with Crippen LogP contribution in [0.1, 0.15) is 29.9 Å². The number of nitrogens with zero attached hydrogens (tertiary/aromatic N) is 2. The number of hydrazine groups is 1. The summed E-state index contributed by atoms with van der Waals surface area (Å²) in [5, 5.41) is 5.00. The van der Waals surface area contributed by atoms with Gasteiger partial charge < -0.3 is 0 Å². The Balaban J connectivity index is 1.79. The summed E-state index contributed by atoms with van der Waals surface area (Å²) in [5.41, 5.74) is 5.03. The molecule has 0 fully saturated rings. The van der Waals surface area contributed by atoms with Gasteiger partial charge in [0.1, 0.15) is 5.82 Å². The molecular weight excluding hydrogens is 375 g/mol. The molecule has 8 heteroatoms. The quantitative estimate of drug-likeness (QED) is 0.647. The van der Waals surface area contributed by atoms with Crippen molar-refractivity contribution in [2.75, 3.05) is 0 Å². The molecule has 0 bridgehead atoms. The van der Waals surface area contributed by atoms with Crippen LogP contribution < -0.4 is 16.4 Å². The number of hydrogen-bond acceptors (Lipinski definition) is 4. The SMILES string of the molecule is CC(C)Cn1nc(C(=O)NNC(=O)Cc2ccc(F)cc2)c2ccccc2c1=O. The number of benzene rings is 2. The van der Waals surface area contributed by atoms with Crippen molar-refractivity contribution >= 4 is 22.6 Å². The van der Waals surface area contributed by atoms with E-state index in [-0.39, 0.29) is 23.6 Å². The third kappa shape index (κ3) is 4.84. The first-order valence-corrected chi connectivity index (χ1v) is 9.18. The Morgan fingerprint density at radius 3 is 2.34 bits per heavy atom. The maximum absolute atomic E-state index is 12.9. The van der Waals surface area contributed by atoms with Crippen LogP contribution in [0.4, 0.5) is 4.39 Å². The highest BCUT2D eigenvalue weighted by atomic mass is 19.1. The standard InChI is InChI=1S/C21H21FN4O3/c1-13(2)12-26-21(29)17-6-4-3-5-16(17)19(25-26)20(28)24-23-18(27)11-14-7-9-15(22)10-8-14/h3-10,13H,11-12H2,1-2H3,(H,23,27)(H,24,28). The molecule has 0 aliphatic rings. The van der Waals surface area contributed by atoms with Crippen LogP contribution in [0.5, 0.6) is 0 Å². The summed E-state index contributed by atoms with van der Waals surface area (Å²) in [4.78, 5) is 37.3. The van der Waals surface area contributed by atoms with Crippen molar-refractivity contribution in [1.82, 2.24) is 20.6 Å². The Morgan fingerprint density at radius 2 is 1.69 bits per heavy atom. The van der Waals surface area contributed by atoms with Gasteiger partial charge in [0.25, 0.3) is 11.5 Å². The van der Waals surface area contributed by atoms with E-state index in [9.17, 15) is 18.8 Å². The molecule has 2 aromatic carbocycles. The van der Waals surface area contributed by atoms with Crippen molar-refractivity contribution in [3.05, 3.63) is 76.0 Å². The number of rotatable bonds is 5. The molecule has 1 aromatic heterocycles. The highest BCUT2D eigenvalue weighted by Gasteiger charge is 2.17. The number of carbonyl (C=O) groups excluding carboxylic acids is 2. The molecule has 1 heterocycles. The second kappa shape index (κ2) is 8.64. The van der Waals surface area contributed by atoms with Crippen molar-refractivity contribution in [2.45, 2.75) is 26.8 Å². The number of nitrogens with one attached hydrogen (secondary N) is 2. The van der Waals surface area contributed by atoms with Gasteiger partial charge in [-0.1, -0.05) is 44.2 Å². The predicted octanol–water partition coefficient (Wildman–Crippen LogP) is 2.20. The first-order valence-electron chi connectivity index (χ1n) is 9.18. The Bertz CT molecular complexity index is 1110. The van der Waals surface area contributed by atoms with E-state index in [1.54, 1.807) is 24.3 Å². The molecule has 2 N–H and O–H groups in total. The predicted molar refractivity (Wildman–Crippen MR) is 107 cm³/mol. The summed E-state index contributed by atoms with van der Waals surface area (Å²) >= 11 is 0. The van der Waals surface area contributed by atoms with Crippen molar-refractivity contribution in [3.63, 3.8) is 0 Å². The average Bonchev–Trinajstić information content (AvgIpc) is 2.70. The van der Waals surface area contributed by atoms with Gasteiger partial charge in [-0.15, -0.1) is 0 Å². The lowest BCUT2D eigenvalue weighted by molar-refractivity contribution is -0.121. The van der Waals surface area contributed by atoms with Gasteiger partial charge in [-0.25, -0.2) is 9.07 Å². The normalized spacial score (nSPS) is 10.9. The number of halogens is 1. The van der Waals surface area contributed by atoms with Crippen LogP contribution in [0.3, 0.4) is 0 Å². The number of carbonyl (C=O) groups is 2. The van der Waals surface area contributed by atoms with E-state index in [0.717, 1.165) is 0 Å². The van der Waals surface area contributed by atoms with Gasteiger partial charge in [0.05, 0.1) is 11.8 Å². The molecule has 0 radical (unpaired) electrons. The smallest absolute Gasteiger partial charge is 0.273 e. The van der Waals surface area contributed by atoms with Gasteiger partial charge in [-0.05, 0) is 29.7 Å². The number of hydrogen-bond donors (Lipinski definition) is 2. The first-order chi connectivity index (χ1) is 13.8. The Hall–Kier alpha value is -3.55. The summed E-state index contributed by atoms with van der Waals surface area (Å²) in [7, 11) is 0. The molecule has 2 amide bonds. The van der Waals surface area contributed by atoms with Gasteiger partial charge in [0, 0.05) is 11.9 Å². The van der Waals surface area contributed by atoms with Crippen LogP contribution in [-0.2, 0) is 17.8 Å². The summed E-state index contributed by atoms with van der Waals surface area (Å²) in [5.74, 6) is -1.33. The number of aromatic nitrogens is 2. The fourth-order valence-corrected chi connectivity index (χ4v) is 2.89. The summed E-state index contributed by atoms with van der Waals surface area (Å²) in [6.07, 6.45) is -0.0262. The fraction of sp³-hybridized carbons (Fsp3) is 0.238. The van der Waals surface area contributed by atoms with Crippen LogP contribution in [0.15, 0.2) is 53.3 Å². The van der Waals surface area contributed by atoms with Crippen molar-refractivity contribution in [2.24, 2.45) is 5.92 Å². The average molecular weight is 396 g/mol. The second-order valence-corrected chi connectivity index (χ2v) is 7.08. The van der Waals surface area contributed by atoms with E-state index >= 15 is 0 Å². The molecule has 0 saturated heterocycles. The minimum absolute atomic E-state index is 0.0262. The first kappa shape index (κ1) is 20.2. The molecule has 7 nitrogen and oxygen atoms in total. The molecule has 0 atom stereocenters. The summed E-state index contributed by atoms with van der Waals surface area (Å²) in [6, 6.07) is 12.2. The molecule has 0 aliphatic carbocycles. The molecule has 150 valence electrons. The van der Waals surface area contributed by atoms with Crippen LogP contribution in [0, 0.1) is 11.7 Å². The minimum Gasteiger partial charge on any atom is -0.273 e. The summed E-state index contributed by atoms with van der Waals surface area (Å²) < 4.78 is 14.2. The largest absolute Gasteiger partial charge is 0.290 e. The van der Waals surface area contributed by atoms with Crippen LogP contribution in [0.25, 0.3) is 10.8 Å². The van der Waals surface area contributed by atoms with E-state index < -0.39 is 17.6 Å². The highest BCUT2D eigenvalue weighted by Crippen LogP contribution is 2.13. The number of amides is 2. The molecule has 0 aliphatic heterocycles. The van der Waals surface area contributed by atoms with E-state index in [1.807, 2.05) is 13.8 Å². The van der Waals surface area contributed by atoms with Gasteiger partial charge >= 0.3 is 0 Å². The molecule has 0 spiro atoms. The molecular formula is C21H21FN4O3. The number of fused-ring (bicyclic) bond motifs is 1. The molecule has 0 unspecified atom stereocenters. The third-order valence-corrected chi connectivity index (χ3v) is 4.21. The van der Waals surface area contributed by atoms with Gasteiger partial charge in [-0.3, -0.25) is 25.2 Å². The van der Waals surface area contributed by atoms with Gasteiger partial charge in [-0.2, -0.15) is 5.10 Å². The second-order valence-electron chi connectivity index (χ2n) is 7.08. The fourth-order valence-electron chi connectivity index (χ4n) is 2.89. The van der Waals surface area contributed by atoms with Crippen molar-refractivity contribution in [1.29, 1.82) is 0 Å². The monoisotopic (exact) mass is 396 g/mol. The van der Waals surface area contributed by atoms with Crippen LogP contribution in [-0.4, -0.2) is 21.6 Å². The lowest BCUT2D eigenvalue weighted by atomic mass is 10.1. The maximum Gasteiger partial charge on any atom is 0.290 e. The van der Waals surface area contributed by atoms with Crippen LogP contribution in [0.2, 0.25) is 0 Å². The molecule has 29 heavy (non-hydrogen) atoms. The maximum atomic E-state index is 12.9. The summed E-state index contributed by atoms with van der Waals surface area (Å²) in [6.45, 7) is 4.25. The van der Waals surface area contributed by atoms with Gasteiger partial charge in [0.2, 0.25) is 5.91 Å². The Labute approximate surface area is 166 Å². The van der Waals surface area contributed by atoms with Crippen molar-refractivity contribution in [3.8, 4) is 0 Å². The third-order valence-electron chi connectivity index (χ3n) is 4.21. The Morgan fingerprint density at radius 1 is 1.03 bits per heavy atom. The molecule has 3 rings (SSSR count). The van der Waals surface area contributed by atoms with E-state index in [4.69, 9.17) is 0 Å². The Kier molecular flexibility index (Phi) is 6.01. The topological polar surface area (TPSA) is 93.1 Å². The lowest BCUT2D eigenvalue weighted by Crippen LogP contribution is -2.43. The van der Waals surface area contributed by atoms with Crippen LogP contribution >= 0.6 is 0 Å². The zero-order valence-electron chi connectivity index (χ0n) is 16.1. The highest BCUT2D eigenvalue weighted by molar-refractivity contribution is 6.05.